The van der Waals surface area contributed by atoms with Crippen LogP contribution >= 0.6 is 0 Å². The summed E-state index contributed by atoms with van der Waals surface area (Å²) in [6, 6.07) is 11.4. The van der Waals surface area contributed by atoms with E-state index in [4.69, 9.17) is 10.00 Å². The fourth-order valence-corrected chi connectivity index (χ4v) is 1.61. The van der Waals surface area contributed by atoms with Crippen LogP contribution in [0.5, 0.6) is 11.5 Å². The Kier molecular flexibility index (Phi) is 3.90. The first-order valence-electron chi connectivity index (χ1n) is 5.59. The third kappa shape index (κ3) is 2.65. The lowest BCUT2D eigenvalue weighted by atomic mass is 10.2. The molecule has 4 heteroatoms. The number of aromatic nitrogens is 1. The maximum atomic E-state index is 9.00. The molecule has 0 unspecified atom stereocenters. The summed E-state index contributed by atoms with van der Waals surface area (Å²) >= 11 is 0. The van der Waals surface area contributed by atoms with E-state index in [1.54, 1.807) is 18.5 Å². The molecule has 0 fully saturated rings. The highest BCUT2D eigenvalue weighted by Gasteiger charge is 2.07. The molecule has 1 N–H and O–H groups in total. The van der Waals surface area contributed by atoms with Gasteiger partial charge in [0.1, 0.15) is 11.8 Å². The van der Waals surface area contributed by atoms with Gasteiger partial charge in [-0.2, -0.15) is 5.26 Å². The Hall–Kier alpha value is -2.38. The van der Waals surface area contributed by atoms with E-state index in [-0.39, 0.29) is 0 Å². The van der Waals surface area contributed by atoms with Crippen molar-refractivity contribution in [2.75, 3.05) is 7.05 Å². The maximum Gasteiger partial charge on any atom is 0.163 e. The van der Waals surface area contributed by atoms with E-state index in [9.17, 15) is 0 Å². The van der Waals surface area contributed by atoms with E-state index in [1.165, 1.54) is 0 Å². The van der Waals surface area contributed by atoms with Gasteiger partial charge >= 0.3 is 0 Å². The van der Waals surface area contributed by atoms with Crippen LogP contribution in [0.2, 0.25) is 0 Å². The summed E-state index contributed by atoms with van der Waals surface area (Å²) in [5, 5.41) is 12.1. The van der Waals surface area contributed by atoms with Crippen molar-refractivity contribution in [3.05, 3.63) is 53.9 Å². The topological polar surface area (TPSA) is 57.9 Å². The first-order chi connectivity index (χ1) is 8.85. The van der Waals surface area contributed by atoms with E-state index in [1.807, 2.05) is 31.3 Å². The van der Waals surface area contributed by atoms with Crippen molar-refractivity contribution in [1.29, 1.82) is 5.26 Å². The zero-order valence-corrected chi connectivity index (χ0v) is 10.1. The number of hydrogen-bond acceptors (Lipinski definition) is 4. The molecule has 2 aromatic rings. The predicted molar refractivity (Wildman–Crippen MR) is 68.2 cm³/mol. The Morgan fingerprint density at radius 3 is 2.89 bits per heavy atom. The summed E-state index contributed by atoms with van der Waals surface area (Å²) < 4.78 is 5.76. The van der Waals surface area contributed by atoms with Gasteiger partial charge in [-0.05, 0) is 19.2 Å². The van der Waals surface area contributed by atoms with Gasteiger partial charge in [-0.3, -0.25) is 4.98 Å². The molecule has 2 rings (SSSR count). The lowest BCUT2D eigenvalue weighted by Gasteiger charge is -2.11. The van der Waals surface area contributed by atoms with E-state index in [0.29, 0.717) is 17.9 Å². The molecule has 0 spiro atoms. The Bertz CT molecular complexity index is 575. The van der Waals surface area contributed by atoms with Crippen molar-refractivity contribution in [3.8, 4) is 17.6 Å². The second-order valence-corrected chi connectivity index (χ2v) is 3.72. The highest BCUT2D eigenvalue weighted by Crippen LogP contribution is 2.26. The number of hydrogen-bond donors (Lipinski definition) is 1. The molecule has 0 aliphatic carbocycles. The van der Waals surface area contributed by atoms with E-state index in [0.717, 1.165) is 11.3 Å². The van der Waals surface area contributed by atoms with Crippen molar-refractivity contribution in [1.82, 2.24) is 10.3 Å². The zero-order valence-electron chi connectivity index (χ0n) is 10.1. The summed E-state index contributed by atoms with van der Waals surface area (Å²) in [4.78, 5) is 3.97. The van der Waals surface area contributed by atoms with Crippen LogP contribution in [-0.2, 0) is 6.54 Å². The van der Waals surface area contributed by atoms with Crippen molar-refractivity contribution in [2.45, 2.75) is 6.54 Å². The van der Waals surface area contributed by atoms with Gasteiger partial charge in [0.05, 0.1) is 11.8 Å². The number of nitrogens with zero attached hydrogens (tertiary/aromatic N) is 2. The number of nitriles is 1. The lowest BCUT2D eigenvalue weighted by Crippen LogP contribution is -2.06. The fraction of sp³-hybridized carbons (Fsp3) is 0.143. The number of benzene rings is 1. The first-order valence-corrected chi connectivity index (χ1v) is 5.59. The summed E-state index contributed by atoms with van der Waals surface area (Å²) in [6.45, 7) is 0.707. The van der Waals surface area contributed by atoms with Gasteiger partial charge in [0.2, 0.25) is 0 Å². The summed E-state index contributed by atoms with van der Waals surface area (Å²) in [7, 11) is 1.88. The molecule has 18 heavy (non-hydrogen) atoms. The second-order valence-electron chi connectivity index (χ2n) is 3.72. The molecule has 0 saturated heterocycles. The quantitative estimate of drug-likeness (QED) is 0.890. The SMILES string of the molecule is CNCc1ccccc1Oc1cnccc1C#N. The monoisotopic (exact) mass is 239 g/mol. The molecule has 1 aromatic heterocycles. The lowest BCUT2D eigenvalue weighted by molar-refractivity contribution is 0.470. The highest BCUT2D eigenvalue weighted by atomic mass is 16.5. The first kappa shape index (κ1) is 12.1. The second kappa shape index (κ2) is 5.80. The molecule has 0 saturated carbocycles. The van der Waals surface area contributed by atoms with Crippen LogP contribution in [0.25, 0.3) is 0 Å². The van der Waals surface area contributed by atoms with Crippen LogP contribution in [0.15, 0.2) is 42.7 Å². The van der Waals surface area contributed by atoms with Crippen LogP contribution in [0, 0.1) is 11.3 Å². The minimum Gasteiger partial charge on any atom is -0.454 e. The average molecular weight is 239 g/mol. The van der Waals surface area contributed by atoms with Crippen LogP contribution in [0.1, 0.15) is 11.1 Å². The molecule has 1 aromatic carbocycles. The van der Waals surface area contributed by atoms with Gasteiger partial charge < -0.3 is 10.1 Å². The molecule has 4 nitrogen and oxygen atoms in total. The van der Waals surface area contributed by atoms with Gasteiger partial charge in [-0.15, -0.1) is 0 Å². The highest BCUT2D eigenvalue weighted by molar-refractivity contribution is 5.44. The Balaban J connectivity index is 2.31. The Labute approximate surface area is 106 Å². The molecule has 0 amide bonds. The maximum absolute atomic E-state index is 9.00. The standard InChI is InChI=1S/C14H13N3O/c1-16-9-12-4-2-3-5-13(12)18-14-10-17-7-6-11(14)8-15/h2-7,10,16H,9H2,1H3. The predicted octanol–water partition coefficient (Wildman–Crippen LogP) is 2.46. The third-order valence-corrected chi connectivity index (χ3v) is 2.46. The minimum absolute atomic E-state index is 0.476. The number of para-hydroxylation sites is 1. The number of nitrogens with one attached hydrogen (secondary N) is 1. The summed E-state index contributed by atoms with van der Waals surface area (Å²) in [5.74, 6) is 1.21. The van der Waals surface area contributed by atoms with Crippen molar-refractivity contribution < 1.29 is 4.74 Å². The average Bonchev–Trinajstić information content (AvgIpc) is 2.42. The van der Waals surface area contributed by atoms with Crippen LogP contribution in [0.4, 0.5) is 0 Å². The molecule has 0 atom stereocenters. The van der Waals surface area contributed by atoms with Crippen LogP contribution in [-0.4, -0.2) is 12.0 Å². The largest absolute Gasteiger partial charge is 0.454 e. The Morgan fingerprint density at radius 2 is 2.11 bits per heavy atom. The number of rotatable bonds is 4. The Morgan fingerprint density at radius 1 is 1.28 bits per heavy atom. The molecule has 0 radical (unpaired) electrons. The van der Waals surface area contributed by atoms with Gasteiger partial charge in [0.15, 0.2) is 5.75 Å². The summed E-state index contributed by atoms with van der Waals surface area (Å²) in [6.07, 6.45) is 3.12. The summed E-state index contributed by atoms with van der Waals surface area (Å²) in [5.41, 5.74) is 1.51. The third-order valence-electron chi connectivity index (χ3n) is 2.46. The van der Waals surface area contributed by atoms with Gasteiger partial charge in [0.25, 0.3) is 0 Å². The molecule has 0 aliphatic rings. The van der Waals surface area contributed by atoms with Crippen LogP contribution in [0.3, 0.4) is 0 Å². The van der Waals surface area contributed by atoms with E-state index >= 15 is 0 Å². The number of pyridine rings is 1. The normalized spacial score (nSPS) is 9.78. The minimum atomic E-state index is 0.476. The molecule has 0 bridgehead atoms. The van der Waals surface area contributed by atoms with E-state index < -0.39 is 0 Å². The molecule has 90 valence electrons. The fourth-order valence-electron chi connectivity index (χ4n) is 1.61. The van der Waals surface area contributed by atoms with Gasteiger partial charge in [-0.1, -0.05) is 18.2 Å². The van der Waals surface area contributed by atoms with Crippen molar-refractivity contribution in [3.63, 3.8) is 0 Å². The van der Waals surface area contributed by atoms with Gasteiger partial charge in [-0.25, -0.2) is 0 Å². The molecular weight excluding hydrogens is 226 g/mol. The number of ether oxygens (including phenoxy) is 1. The van der Waals surface area contributed by atoms with Crippen molar-refractivity contribution >= 4 is 0 Å². The zero-order chi connectivity index (χ0) is 12.8. The molecule has 1 heterocycles. The van der Waals surface area contributed by atoms with E-state index in [2.05, 4.69) is 16.4 Å². The molecule has 0 aliphatic heterocycles. The smallest absolute Gasteiger partial charge is 0.163 e. The van der Waals surface area contributed by atoms with Crippen LogP contribution < -0.4 is 10.1 Å². The molecular formula is C14H13N3O. The van der Waals surface area contributed by atoms with Crippen molar-refractivity contribution in [2.24, 2.45) is 0 Å². The van der Waals surface area contributed by atoms with Gasteiger partial charge in [0, 0.05) is 18.3 Å².